The Morgan fingerprint density at radius 2 is 2.05 bits per heavy atom. The van der Waals surface area contributed by atoms with E-state index in [4.69, 9.17) is 4.74 Å². The Balaban J connectivity index is 0.00000220. The largest absolute Gasteiger partial charge is 0.368 e. The van der Waals surface area contributed by atoms with Crippen molar-refractivity contribution in [2.24, 2.45) is 0 Å². The fourth-order valence-electron chi connectivity index (χ4n) is 2.84. The molecule has 1 fully saturated rings. The number of hydrogen-bond acceptors (Lipinski definition) is 3. The Labute approximate surface area is 133 Å². The molecular formula is C16H25ClN2O2. The maximum Gasteiger partial charge on any atom is 0.254 e. The van der Waals surface area contributed by atoms with E-state index in [9.17, 15) is 4.79 Å². The molecule has 0 atom stereocenters. The Hall–Kier alpha value is -1.10. The summed E-state index contributed by atoms with van der Waals surface area (Å²) in [7, 11) is 3.50. The van der Waals surface area contributed by atoms with Crippen LogP contribution in [-0.4, -0.2) is 43.7 Å². The van der Waals surface area contributed by atoms with Crippen LogP contribution < -0.4 is 5.32 Å². The molecule has 1 saturated heterocycles. The van der Waals surface area contributed by atoms with Crippen LogP contribution in [-0.2, 0) is 16.1 Å². The highest BCUT2D eigenvalue weighted by Gasteiger charge is 2.41. The lowest BCUT2D eigenvalue weighted by molar-refractivity contribution is -0.157. The molecule has 0 bridgehead atoms. The minimum atomic E-state index is -0.649. The van der Waals surface area contributed by atoms with Crippen molar-refractivity contribution >= 4 is 18.3 Å². The molecule has 4 nitrogen and oxygen atoms in total. The van der Waals surface area contributed by atoms with Crippen molar-refractivity contribution in [3.8, 4) is 0 Å². The Morgan fingerprint density at radius 1 is 1.38 bits per heavy atom. The molecule has 1 aliphatic rings. The maximum atomic E-state index is 12.7. The predicted octanol–water partition coefficient (Wildman–Crippen LogP) is 2.14. The van der Waals surface area contributed by atoms with Crippen molar-refractivity contribution in [3.63, 3.8) is 0 Å². The molecular weight excluding hydrogens is 288 g/mol. The molecule has 118 valence electrons. The van der Waals surface area contributed by atoms with Gasteiger partial charge in [-0.25, -0.2) is 0 Å². The lowest BCUT2D eigenvalue weighted by atomic mass is 9.90. The van der Waals surface area contributed by atoms with Crippen molar-refractivity contribution in [3.05, 3.63) is 35.4 Å². The van der Waals surface area contributed by atoms with Crippen LogP contribution in [0.3, 0.4) is 0 Å². The highest BCUT2D eigenvalue weighted by Crippen LogP contribution is 2.25. The number of likely N-dealkylation sites (N-methyl/N-ethyl adjacent to an activating group) is 1. The summed E-state index contributed by atoms with van der Waals surface area (Å²) in [5, 5.41) is 3.27. The average Bonchev–Trinajstić information content (AvgIpc) is 2.47. The second-order valence-corrected chi connectivity index (χ2v) is 5.60. The van der Waals surface area contributed by atoms with Gasteiger partial charge in [-0.05, 0) is 38.4 Å². The molecule has 1 aromatic rings. The first-order valence-corrected chi connectivity index (χ1v) is 7.14. The lowest BCUT2D eigenvalue weighted by Crippen LogP contribution is -2.54. The van der Waals surface area contributed by atoms with Crippen molar-refractivity contribution in [1.82, 2.24) is 10.2 Å². The molecule has 5 heteroatoms. The Morgan fingerprint density at radius 3 is 2.62 bits per heavy atom. The van der Waals surface area contributed by atoms with Gasteiger partial charge in [-0.3, -0.25) is 4.79 Å². The summed E-state index contributed by atoms with van der Waals surface area (Å²) in [6.07, 6.45) is 1.47. The molecule has 0 spiro atoms. The summed E-state index contributed by atoms with van der Waals surface area (Å²) < 4.78 is 5.59. The first kappa shape index (κ1) is 18.0. The van der Waals surface area contributed by atoms with Crippen molar-refractivity contribution in [2.75, 3.05) is 27.2 Å². The van der Waals surface area contributed by atoms with Gasteiger partial charge in [-0.15, -0.1) is 12.4 Å². The number of carbonyl (C=O) groups excluding carboxylic acids is 1. The fourth-order valence-corrected chi connectivity index (χ4v) is 2.84. The number of halogens is 1. The topological polar surface area (TPSA) is 41.6 Å². The van der Waals surface area contributed by atoms with Gasteiger partial charge >= 0.3 is 0 Å². The van der Waals surface area contributed by atoms with Gasteiger partial charge < -0.3 is 15.0 Å². The summed E-state index contributed by atoms with van der Waals surface area (Å²) in [5.41, 5.74) is 1.72. The van der Waals surface area contributed by atoms with E-state index in [1.165, 1.54) is 5.56 Å². The summed E-state index contributed by atoms with van der Waals surface area (Å²) in [5.74, 6) is 0.0861. The van der Waals surface area contributed by atoms with E-state index in [2.05, 4.69) is 30.4 Å². The zero-order valence-corrected chi connectivity index (χ0v) is 13.8. The van der Waals surface area contributed by atoms with Gasteiger partial charge in [-0.1, -0.05) is 29.8 Å². The zero-order valence-electron chi connectivity index (χ0n) is 13.0. The second kappa shape index (κ2) is 7.78. The van der Waals surface area contributed by atoms with Gasteiger partial charge in [0.05, 0.1) is 0 Å². The third kappa shape index (κ3) is 4.19. The van der Waals surface area contributed by atoms with Gasteiger partial charge in [0.25, 0.3) is 5.91 Å². The van der Waals surface area contributed by atoms with E-state index in [1.54, 1.807) is 12.0 Å². The van der Waals surface area contributed by atoms with Crippen LogP contribution in [0.4, 0.5) is 0 Å². The molecule has 1 amide bonds. The molecule has 1 N–H and O–H groups in total. The smallest absolute Gasteiger partial charge is 0.254 e. The standard InChI is InChI=1S/C16H24N2O2.ClH/c1-13-5-4-6-14(11-13)12-18(2)15(19)16(20-3)7-9-17-10-8-16;/h4-6,11,17H,7-10,12H2,1-3H3;1H. The van der Waals surface area contributed by atoms with Crippen LogP contribution in [0.5, 0.6) is 0 Å². The van der Waals surface area contributed by atoms with Crippen LogP contribution in [0, 0.1) is 6.92 Å². The molecule has 0 unspecified atom stereocenters. The number of piperidine rings is 1. The molecule has 1 aromatic carbocycles. The van der Waals surface area contributed by atoms with E-state index in [0.717, 1.165) is 31.5 Å². The van der Waals surface area contributed by atoms with Crippen molar-refractivity contribution in [2.45, 2.75) is 31.9 Å². The third-order valence-corrected chi connectivity index (χ3v) is 4.04. The van der Waals surface area contributed by atoms with Gasteiger partial charge in [0.1, 0.15) is 5.60 Å². The van der Waals surface area contributed by atoms with Crippen LogP contribution >= 0.6 is 12.4 Å². The first-order chi connectivity index (χ1) is 9.57. The molecule has 0 saturated carbocycles. The number of nitrogens with one attached hydrogen (secondary N) is 1. The number of carbonyl (C=O) groups is 1. The van der Waals surface area contributed by atoms with E-state index in [1.807, 2.05) is 13.1 Å². The summed E-state index contributed by atoms with van der Waals surface area (Å²) in [6.45, 7) is 4.35. The number of methoxy groups -OCH3 is 1. The SMILES string of the molecule is COC1(C(=O)N(C)Cc2cccc(C)c2)CCNCC1.Cl. The third-order valence-electron chi connectivity index (χ3n) is 4.04. The molecule has 0 aromatic heterocycles. The van der Waals surface area contributed by atoms with Gasteiger partial charge in [-0.2, -0.15) is 0 Å². The molecule has 0 radical (unpaired) electrons. The highest BCUT2D eigenvalue weighted by atomic mass is 35.5. The van der Waals surface area contributed by atoms with Gasteiger partial charge in [0, 0.05) is 20.7 Å². The highest BCUT2D eigenvalue weighted by molar-refractivity contribution is 5.85. The molecule has 0 aliphatic carbocycles. The van der Waals surface area contributed by atoms with Crippen LogP contribution in [0.1, 0.15) is 24.0 Å². The normalized spacial score (nSPS) is 16.9. The number of rotatable bonds is 4. The van der Waals surface area contributed by atoms with Crippen molar-refractivity contribution in [1.29, 1.82) is 0 Å². The van der Waals surface area contributed by atoms with E-state index in [0.29, 0.717) is 6.54 Å². The monoisotopic (exact) mass is 312 g/mol. The van der Waals surface area contributed by atoms with Gasteiger partial charge in [0.15, 0.2) is 0 Å². The van der Waals surface area contributed by atoms with E-state index in [-0.39, 0.29) is 18.3 Å². The first-order valence-electron chi connectivity index (χ1n) is 7.14. The lowest BCUT2D eigenvalue weighted by Gasteiger charge is -2.37. The molecule has 1 aliphatic heterocycles. The number of amides is 1. The average molecular weight is 313 g/mol. The van der Waals surface area contributed by atoms with Crippen LogP contribution in [0.15, 0.2) is 24.3 Å². The van der Waals surface area contributed by atoms with E-state index >= 15 is 0 Å². The Kier molecular flexibility index (Phi) is 6.65. The minimum Gasteiger partial charge on any atom is -0.368 e. The number of benzene rings is 1. The number of hydrogen-bond donors (Lipinski definition) is 1. The Bertz CT molecular complexity index is 473. The number of nitrogens with zero attached hydrogens (tertiary/aromatic N) is 1. The quantitative estimate of drug-likeness (QED) is 0.926. The maximum absolute atomic E-state index is 12.7. The summed E-state index contributed by atoms with van der Waals surface area (Å²) in [6, 6.07) is 8.26. The molecule has 1 heterocycles. The number of ether oxygens (including phenoxy) is 1. The number of aryl methyl sites for hydroxylation is 1. The zero-order chi connectivity index (χ0) is 14.6. The predicted molar refractivity (Wildman–Crippen MR) is 86.7 cm³/mol. The summed E-state index contributed by atoms with van der Waals surface area (Å²) in [4.78, 5) is 14.5. The van der Waals surface area contributed by atoms with Crippen molar-refractivity contribution < 1.29 is 9.53 Å². The molecule has 21 heavy (non-hydrogen) atoms. The van der Waals surface area contributed by atoms with E-state index < -0.39 is 5.60 Å². The van der Waals surface area contributed by atoms with Crippen LogP contribution in [0.2, 0.25) is 0 Å². The minimum absolute atomic E-state index is 0. The van der Waals surface area contributed by atoms with Gasteiger partial charge in [0.2, 0.25) is 0 Å². The van der Waals surface area contributed by atoms with Crippen LogP contribution in [0.25, 0.3) is 0 Å². The molecule has 2 rings (SSSR count). The fraction of sp³-hybridized carbons (Fsp3) is 0.562. The summed E-state index contributed by atoms with van der Waals surface area (Å²) >= 11 is 0. The second-order valence-electron chi connectivity index (χ2n) is 5.60.